The Morgan fingerprint density at radius 2 is 1.72 bits per heavy atom. The van der Waals surface area contributed by atoms with Gasteiger partial charge < -0.3 is 9.84 Å². The zero-order valence-corrected chi connectivity index (χ0v) is 16.9. The van der Waals surface area contributed by atoms with Gasteiger partial charge in [0.25, 0.3) is 0 Å². The van der Waals surface area contributed by atoms with Crippen LogP contribution in [0, 0.1) is 5.82 Å². The lowest BCUT2D eigenvalue weighted by Crippen LogP contribution is -2.09. The molecule has 3 aromatic carbocycles. The number of hydrogen-bond donors (Lipinski definition) is 1. The Morgan fingerprint density at radius 1 is 1.03 bits per heavy atom. The molecule has 6 heteroatoms. The van der Waals surface area contributed by atoms with Crippen molar-refractivity contribution in [2.75, 3.05) is 12.4 Å². The van der Waals surface area contributed by atoms with Crippen LogP contribution in [0.15, 0.2) is 83.8 Å². The summed E-state index contributed by atoms with van der Waals surface area (Å²) in [5, 5.41) is 9.06. The van der Waals surface area contributed by atoms with Crippen LogP contribution in [0.25, 0.3) is 5.57 Å². The molecular formula is C23H18ClFO3S. The van der Waals surface area contributed by atoms with Gasteiger partial charge in [0.2, 0.25) is 0 Å². The smallest absolute Gasteiger partial charge is 0.341 e. The lowest BCUT2D eigenvalue weighted by molar-refractivity contribution is -0.139. The number of thioether (sulfide) groups is 1. The molecule has 0 spiro atoms. The molecule has 1 N–H and O–H groups in total. The van der Waals surface area contributed by atoms with Gasteiger partial charge in [0, 0.05) is 10.6 Å². The van der Waals surface area contributed by atoms with Crippen LogP contribution in [-0.4, -0.2) is 23.4 Å². The topological polar surface area (TPSA) is 46.5 Å². The fourth-order valence-corrected chi connectivity index (χ4v) is 3.81. The molecule has 3 aromatic rings. The first-order chi connectivity index (χ1) is 14.0. The monoisotopic (exact) mass is 428 g/mol. The minimum Gasteiger partial charge on any atom is -0.480 e. The van der Waals surface area contributed by atoms with Crippen molar-refractivity contribution >= 4 is 34.9 Å². The van der Waals surface area contributed by atoms with Crippen molar-refractivity contribution < 1.29 is 19.0 Å². The molecule has 0 atom stereocenters. The van der Waals surface area contributed by atoms with E-state index < -0.39 is 12.6 Å². The summed E-state index contributed by atoms with van der Waals surface area (Å²) in [5.74, 6) is -0.313. The van der Waals surface area contributed by atoms with E-state index >= 15 is 0 Å². The van der Waals surface area contributed by atoms with Crippen LogP contribution in [0.3, 0.4) is 0 Å². The molecule has 3 nitrogen and oxygen atoms in total. The van der Waals surface area contributed by atoms with E-state index in [1.807, 2.05) is 36.4 Å². The number of ether oxygens (including phenoxy) is 1. The minimum atomic E-state index is -1.06. The molecule has 0 fully saturated rings. The van der Waals surface area contributed by atoms with Crippen molar-refractivity contribution in [1.82, 2.24) is 0 Å². The van der Waals surface area contributed by atoms with Gasteiger partial charge in [-0.1, -0.05) is 60.1 Å². The second-order valence-electron chi connectivity index (χ2n) is 6.08. The van der Waals surface area contributed by atoms with Crippen molar-refractivity contribution in [3.05, 3.63) is 101 Å². The van der Waals surface area contributed by atoms with Gasteiger partial charge in [-0.25, -0.2) is 9.18 Å². The summed E-state index contributed by atoms with van der Waals surface area (Å²) >= 11 is 7.76. The Bertz CT molecular complexity index is 1000. The standard InChI is InChI=1S/C23H18ClFO3S/c24-21-14-19(10-11-22(21)28-15-23(26)27)29-13-12-20(16-4-2-1-3-5-16)17-6-8-18(25)9-7-17/h1-12,14H,13,15H2,(H,26,27). The molecule has 0 radical (unpaired) electrons. The number of benzene rings is 3. The highest BCUT2D eigenvalue weighted by molar-refractivity contribution is 7.99. The summed E-state index contributed by atoms with van der Waals surface area (Å²) in [6, 6.07) is 21.6. The number of carboxylic acids is 1. The van der Waals surface area contributed by atoms with E-state index in [0.717, 1.165) is 21.6 Å². The first kappa shape index (κ1) is 21.0. The summed E-state index contributed by atoms with van der Waals surface area (Å²) in [7, 11) is 0. The molecule has 0 aliphatic rings. The van der Waals surface area contributed by atoms with Crippen LogP contribution in [0.4, 0.5) is 4.39 Å². The van der Waals surface area contributed by atoms with Gasteiger partial charge in [0.1, 0.15) is 11.6 Å². The molecule has 0 aliphatic heterocycles. The summed E-state index contributed by atoms with van der Waals surface area (Å²) in [6.45, 7) is -0.437. The SMILES string of the molecule is O=C(O)COc1ccc(SCC=C(c2ccccc2)c2ccc(F)cc2)cc1Cl. The Hall–Kier alpha value is -2.76. The summed E-state index contributed by atoms with van der Waals surface area (Å²) < 4.78 is 18.5. The van der Waals surface area contributed by atoms with Gasteiger partial charge in [-0.15, -0.1) is 11.8 Å². The van der Waals surface area contributed by atoms with Gasteiger partial charge in [0.05, 0.1) is 5.02 Å². The molecule has 0 saturated carbocycles. The van der Waals surface area contributed by atoms with Crippen molar-refractivity contribution in [2.24, 2.45) is 0 Å². The van der Waals surface area contributed by atoms with E-state index in [1.54, 1.807) is 36.0 Å². The van der Waals surface area contributed by atoms with E-state index in [-0.39, 0.29) is 5.82 Å². The van der Waals surface area contributed by atoms with E-state index in [9.17, 15) is 9.18 Å². The number of carbonyl (C=O) groups is 1. The van der Waals surface area contributed by atoms with E-state index in [1.165, 1.54) is 12.1 Å². The van der Waals surface area contributed by atoms with E-state index in [0.29, 0.717) is 16.5 Å². The first-order valence-electron chi connectivity index (χ1n) is 8.81. The predicted octanol–water partition coefficient (Wildman–Crippen LogP) is 6.17. The van der Waals surface area contributed by atoms with Gasteiger partial charge in [-0.3, -0.25) is 0 Å². The van der Waals surface area contributed by atoms with Crippen LogP contribution in [-0.2, 0) is 4.79 Å². The molecule has 29 heavy (non-hydrogen) atoms. The quantitative estimate of drug-likeness (QED) is 0.436. The second kappa shape index (κ2) is 10.1. The molecule has 3 rings (SSSR count). The highest BCUT2D eigenvalue weighted by atomic mass is 35.5. The lowest BCUT2D eigenvalue weighted by atomic mass is 9.98. The highest BCUT2D eigenvalue weighted by Gasteiger charge is 2.08. The molecule has 0 aliphatic carbocycles. The minimum absolute atomic E-state index is 0.268. The molecule has 0 heterocycles. The van der Waals surface area contributed by atoms with Gasteiger partial charge in [-0.2, -0.15) is 0 Å². The van der Waals surface area contributed by atoms with E-state index in [2.05, 4.69) is 6.08 Å². The summed E-state index contributed by atoms with van der Waals surface area (Å²) in [5.41, 5.74) is 3.01. The maximum Gasteiger partial charge on any atom is 0.341 e. The third kappa shape index (κ3) is 6.11. The normalized spacial score (nSPS) is 11.3. The Kier molecular flexibility index (Phi) is 7.33. The average molecular weight is 429 g/mol. The number of carboxylic acid groups (broad SMARTS) is 1. The fraction of sp³-hybridized carbons (Fsp3) is 0.0870. The van der Waals surface area contributed by atoms with E-state index in [4.69, 9.17) is 21.4 Å². The third-order valence-electron chi connectivity index (χ3n) is 4.03. The highest BCUT2D eigenvalue weighted by Crippen LogP contribution is 2.31. The molecule has 0 amide bonds. The lowest BCUT2D eigenvalue weighted by Gasteiger charge is -2.10. The van der Waals surface area contributed by atoms with Crippen LogP contribution in [0.2, 0.25) is 5.02 Å². The van der Waals surface area contributed by atoms with Crippen LogP contribution >= 0.6 is 23.4 Å². The number of halogens is 2. The molecular weight excluding hydrogens is 411 g/mol. The van der Waals surface area contributed by atoms with Crippen LogP contribution < -0.4 is 4.74 Å². The van der Waals surface area contributed by atoms with Crippen molar-refractivity contribution in [3.63, 3.8) is 0 Å². The second-order valence-corrected chi connectivity index (χ2v) is 7.58. The maximum atomic E-state index is 13.3. The number of rotatable bonds is 8. The Balaban J connectivity index is 1.75. The molecule has 0 bridgehead atoms. The molecule has 0 aromatic heterocycles. The summed E-state index contributed by atoms with van der Waals surface area (Å²) in [6.07, 6.45) is 2.09. The predicted molar refractivity (Wildman–Crippen MR) is 115 cm³/mol. The Labute approximate surface area is 177 Å². The molecule has 0 saturated heterocycles. The zero-order valence-electron chi connectivity index (χ0n) is 15.3. The molecule has 0 unspecified atom stereocenters. The van der Waals surface area contributed by atoms with Crippen molar-refractivity contribution in [1.29, 1.82) is 0 Å². The van der Waals surface area contributed by atoms with Crippen molar-refractivity contribution in [2.45, 2.75) is 4.90 Å². The van der Waals surface area contributed by atoms with Crippen LogP contribution in [0.5, 0.6) is 5.75 Å². The molecule has 148 valence electrons. The third-order valence-corrected chi connectivity index (χ3v) is 5.25. The van der Waals surface area contributed by atoms with Crippen molar-refractivity contribution in [3.8, 4) is 5.75 Å². The average Bonchev–Trinajstić information content (AvgIpc) is 2.72. The zero-order chi connectivity index (χ0) is 20.6. The first-order valence-corrected chi connectivity index (χ1v) is 10.2. The Morgan fingerprint density at radius 3 is 2.38 bits per heavy atom. The van der Waals surface area contributed by atoms with Gasteiger partial charge in [-0.05, 0) is 47.0 Å². The summed E-state index contributed by atoms with van der Waals surface area (Å²) in [4.78, 5) is 11.5. The van der Waals surface area contributed by atoms with Gasteiger partial charge in [0.15, 0.2) is 6.61 Å². The maximum absolute atomic E-state index is 13.3. The largest absolute Gasteiger partial charge is 0.480 e. The number of hydrogen-bond acceptors (Lipinski definition) is 3. The number of aliphatic carboxylic acids is 1. The van der Waals surface area contributed by atoms with Crippen LogP contribution in [0.1, 0.15) is 11.1 Å². The van der Waals surface area contributed by atoms with Gasteiger partial charge >= 0.3 is 5.97 Å². The fourth-order valence-electron chi connectivity index (χ4n) is 2.70.